The molecule has 0 unspecified atom stereocenters. The predicted octanol–water partition coefficient (Wildman–Crippen LogP) is 1.44. The molecule has 0 saturated carbocycles. The number of hydrogen-bond acceptors (Lipinski definition) is 5. The van der Waals surface area contributed by atoms with Gasteiger partial charge in [0.2, 0.25) is 5.89 Å². The highest BCUT2D eigenvalue weighted by Crippen LogP contribution is 2.18. The molecular formula is C15H25N7O. The van der Waals surface area contributed by atoms with Gasteiger partial charge in [0.05, 0.1) is 12.2 Å². The van der Waals surface area contributed by atoms with Crippen LogP contribution in [0.2, 0.25) is 0 Å². The topological polar surface area (TPSA) is 84.4 Å². The fraction of sp³-hybridized carbons (Fsp3) is 0.600. The molecule has 0 amide bonds. The Morgan fingerprint density at radius 2 is 2.22 bits per heavy atom. The molecule has 126 valence electrons. The summed E-state index contributed by atoms with van der Waals surface area (Å²) in [4.78, 5) is 10.5. The summed E-state index contributed by atoms with van der Waals surface area (Å²) in [6, 6.07) is 0. The summed E-state index contributed by atoms with van der Waals surface area (Å²) in [6.07, 6.45) is 2.06. The fourth-order valence-electron chi connectivity index (χ4n) is 2.44. The van der Waals surface area contributed by atoms with Crippen molar-refractivity contribution in [2.75, 3.05) is 14.1 Å². The smallest absolute Gasteiger partial charge is 0.246 e. The van der Waals surface area contributed by atoms with E-state index in [-0.39, 0.29) is 0 Å². The second-order valence-corrected chi connectivity index (χ2v) is 5.86. The molecule has 23 heavy (non-hydrogen) atoms. The van der Waals surface area contributed by atoms with Gasteiger partial charge in [-0.05, 0) is 12.8 Å². The number of rotatable bonds is 5. The van der Waals surface area contributed by atoms with Crippen molar-refractivity contribution < 1.29 is 4.52 Å². The van der Waals surface area contributed by atoms with E-state index in [0.29, 0.717) is 24.2 Å². The van der Waals surface area contributed by atoms with Gasteiger partial charge < -0.3 is 14.7 Å². The van der Waals surface area contributed by atoms with Gasteiger partial charge in [0.15, 0.2) is 11.8 Å². The maximum atomic E-state index is 5.10. The van der Waals surface area contributed by atoms with Gasteiger partial charge in [0.25, 0.3) is 0 Å². The normalized spacial score (nSPS) is 12.0. The van der Waals surface area contributed by atoms with Crippen LogP contribution in [0.25, 0.3) is 0 Å². The first-order valence-corrected chi connectivity index (χ1v) is 7.64. The van der Waals surface area contributed by atoms with Crippen LogP contribution in [0, 0.1) is 6.92 Å². The van der Waals surface area contributed by atoms with Gasteiger partial charge in [0, 0.05) is 39.4 Å². The van der Waals surface area contributed by atoms with Crippen LogP contribution in [0.15, 0.2) is 15.7 Å². The molecule has 0 fully saturated rings. The lowest BCUT2D eigenvalue weighted by atomic mass is 10.1. The molecule has 0 saturated heterocycles. The third kappa shape index (κ3) is 4.30. The van der Waals surface area contributed by atoms with E-state index in [1.807, 2.05) is 23.7 Å². The van der Waals surface area contributed by atoms with Gasteiger partial charge in [-0.1, -0.05) is 19.0 Å². The minimum Gasteiger partial charge on any atom is -0.347 e. The maximum absolute atomic E-state index is 5.10. The van der Waals surface area contributed by atoms with Crippen molar-refractivity contribution in [2.45, 2.75) is 39.8 Å². The van der Waals surface area contributed by atoms with E-state index in [1.54, 1.807) is 14.0 Å². The van der Waals surface area contributed by atoms with E-state index in [0.717, 1.165) is 18.2 Å². The number of guanidine groups is 1. The number of nitrogens with one attached hydrogen (secondary N) is 1. The van der Waals surface area contributed by atoms with E-state index < -0.39 is 0 Å². The molecule has 8 heteroatoms. The van der Waals surface area contributed by atoms with Gasteiger partial charge >= 0.3 is 0 Å². The van der Waals surface area contributed by atoms with Crippen LogP contribution in [0.1, 0.15) is 42.7 Å². The molecule has 0 aliphatic carbocycles. The van der Waals surface area contributed by atoms with Crippen molar-refractivity contribution in [3.63, 3.8) is 0 Å². The first-order chi connectivity index (χ1) is 10.9. The first kappa shape index (κ1) is 17.0. The first-order valence-electron chi connectivity index (χ1n) is 7.64. The van der Waals surface area contributed by atoms with Gasteiger partial charge in [-0.25, -0.2) is 0 Å². The Balaban J connectivity index is 2.01. The summed E-state index contributed by atoms with van der Waals surface area (Å²) in [7, 11) is 5.69. The molecule has 2 aromatic rings. The number of aromatic nitrogens is 4. The van der Waals surface area contributed by atoms with Gasteiger partial charge in [-0.15, -0.1) is 0 Å². The quantitative estimate of drug-likeness (QED) is 0.663. The second-order valence-electron chi connectivity index (χ2n) is 5.86. The molecule has 1 N–H and O–H groups in total. The summed E-state index contributed by atoms with van der Waals surface area (Å²) < 4.78 is 6.96. The lowest BCUT2D eigenvalue weighted by Crippen LogP contribution is -2.38. The summed E-state index contributed by atoms with van der Waals surface area (Å²) in [5.41, 5.74) is 2.31. The number of nitrogens with zero attached hydrogens (tertiary/aromatic N) is 6. The van der Waals surface area contributed by atoms with Gasteiger partial charge in [-0.2, -0.15) is 10.1 Å². The highest BCUT2D eigenvalue weighted by atomic mass is 16.5. The summed E-state index contributed by atoms with van der Waals surface area (Å²) in [5.74, 6) is 2.32. The Labute approximate surface area is 136 Å². The zero-order chi connectivity index (χ0) is 17.0. The molecule has 0 aliphatic heterocycles. The molecule has 2 rings (SSSR count). The van der Waals surface area contributed by atoms with Crippen molar-refractivity contribution in [2.24, 2.45) is 12.0 Å². The van der Waals surface area contributed by atoms with E-state index in [9.17, 15) is 0 Å². The van der Waals surface area contributed by atoms with Gasteiger partial charge in [-0.3, -0.25) is 9.67 Å². The molecular weight excluding hydrogens is 294 g/mol. The third-order valence-corrected chi connectivity index (χ3v) is 3.43. The molecule has 2 heterocycles. The number of aliphatic imine (C=N–C) groups is 1. The molecule has 2 aromatic heterocycles. The molecule has 8 nitrogen and oxygen atoms in total. The largest absolute Gasteiger partial charge is 0.347 e. The summed E-state index contributed by atoms with van der Waals surface area (Å²) in [5, 5.41) is 11.5. The van der Waals surface area contributed by atoms with Crippen LogP contribution in [-0.4, -0.2) is 44.9 Å². The zero-order valence-electron chi connectivity index (χ0n) is 14.7. The van der Waals surface area contributed by atoms with Crippen molar-refractivity contribution >= 4 is 5.96 Å². The maximum Gasteiger partial charge on any atom is 0.246 e. The van der Waals surface area contributed by atoms with Crippen molar-refractivity contribution in [3.05, 3.63) is 29.2 Å². The molecule has 0 aliphatic rings. The van der Waals surface area contributed by atoms with Crippen LogP contribution in [-0.2, 0) is 20.1 Å². The Morgan fingerprint density at radius 3 is 2.78 bits per heavy atom. The molecule has 0 spiro atoms. The third-order valence-electron chi connectivity index (χ3n) is 3.43. The van der Waals surface area contributed by atoms with Gasteiger partial charge in [0.1, 0.15) is 0 Å². The monoisotopic (exact) mass is 319 g/mol. The Morgan fingerprint density at radius 1 is 1.48 bits per heavy atom. The highest BCUT2D eigenvalue weighted by Gasteiger charge is 2.15. The Bertz CT molecular complexity index is 671. The van der Waals surface area contributed by atoms with E-state index in [1.165, 1.54) is 5.56 Å². The predicted molar refractivity (Wildman–Crippen MR) is 88.0 cm³/mol. The van der Waals surface area contributed by atoms with Crippen LogP contribution in [0.5, 0.6) is 0 Å². The Hall–Kier alpha value is -2.38. The second kappa shape index (κ2) is 7.26. The number of aryl methyl sites for hydroxylation is 2. The lowest BCUT2D eigenvalue weighted by molar-refractivity contribution is 0.368. The zero-order valence-corrected chi connectivity index (χ0v) is 14.7. The van der Waals surface area contributed by atoms with Crippen molar-refractivity contribution in [1.82, 2.24) is 30.1 Å². The molecule has 0 bridgehead atoms. The van der Waals surface area contributed by atoms with Crippen LogP contribution < -0.4 is 5.32 Å². The standard InChI is InChI=1S/C15H25N7O/c1-10(2)14-12(9-22(6)19-14)8-21(5)15(16-4)17-7-13-18-11(3)20-23-13/h9-10H,7-8H2,1-6H3,(H,16,17). The molecule has 0 atom stereocenters. The SMILES string of the molecule is CN=C(NCc1nc(C)no1)N(C)Cc1cn(C)nc1C(C)C. The highest BCUT2D eigenvalue weighted by molar-refractivity contribution is 5.79. The van der Waals surface area contributed by atoms with E-state index in [2.05, 4.69) is 45.6 Å². The minimum absolute atomic E-state index is 0.385. The summed E-state index contributed by atoms with van der Waals surface area (Å²) >= 11 is 0. The van der Waals surface area contributed by atoms with Crippen molar-refractivity contribution in [3.8, 4) is 0 Å². The summed E-state index contributed by atoms with van der Waals surface area (Å²) in [6.45, 7) is 7.27. The molecule has 0 radical (unpaired) electrons. The van der Waals surface area contributed by atoms with E-state index in [4.69, 9.17) is 4.52 Å². The Kier molecular flexibility index (Phi) is 5.36. The minimum atomic E-state index is 0.385. The average molecular weight is 319 g/mol. The number of hydrogen-bond donors (Lipinski definition) is 1. The van der Waals surface area contributed by atoms with Crippen molar-refractivity contribution in [1.29, 1.82) is 0 Å². The van der Waals surface area contributed by atoms with Crippen LogP contribution in [0.4, 0.5) is 0 Å². The average Bonchev–Trinajstić information content (AvgIpc) is 3.05. The fourth-order valence-corrected chi connectivity index (χ4v) is 2.44. The van der Waals surface area contributed by atoms with E-state index >= 15 is 0 Å². The van der Waals surface area contributed by atoms with Crippen LogP contribution in [0.3, 0.4) is 0 Å². The lowest BCUT2D eigenvalue weighted by Gasteiger charge is -2.21. The van der Waals surface area contributed by atoms with Crippen LogP contribution >= 0.6 is 0 Å². The molecule has 0 aromatic carbocycles.